The van der Waals surface area contributed by atoms with Crippen LogP contribution in [0.15, 0.2) is 58.8 Å². The smallest absolute Gasteiger partial charge is 0.280 e. The van der Waals surface area contributed by atoms with Gasteiger partial charge >= 0.3 is 0 Å². The van der Waals surface area contributed by atoms with Gasteiger partial charge in [0.2, 0.25) is 0 Å². The molecule has 0 aliphatic rings. The van der Waals surface area contributed by atoms with Crippen molar-refractivity contribution in [2.24, 2.45) is 10.3 Å². The summed E-state index contributed by atoms with van der Waals surface area (Å²) in [5.41, 5.74) is 3.21. The van der Waals surface area contributed by atoms with Gasteiger partial charge in [-0.25, -0.2) is 0 Å². The highest BCUT2D eigenvalue weighted by Crippen LogP contribution is 2.20. The molecule has 0 radical (unpaired) electrons. The van der Waals surface area contributed by atoms with Crippen molar-refractivity contribution in [2.45, 2.75) is 13.5 Å². The summed E-state index contributed by atoms with van der Waals surface area (Å²) < 4.78 is 11.2. The fourth-order valence-corrected chi connectivity index (χ4v) is 2.31. The van der Waals surface area contributed by atoms with Gasteiger partial charge in [0.1, 0.15) is 26.6 Å². The summed E-state index contributed by atoms with van der Waals surface area (Å²) in [6.07, 6.45) is 0. The third-order valence-corrected chi connectivity index (χ3v) is 3.50. The Bertz CT molecular complexity index is 757. The molecule has 0 saturated heterocycles. The first-order chi connectivity index (χ1) is 12.2. The van der Waals surface area contributed by atoms with Gasteiger partial charge in [-0.3, -0.25) is 0 Å². The maximum absolute atomic E-state index is 5.96. The number of para-hydroxylation sites is 1. The molecular formula is C19H22N2O4. The summed E-state index contributed by atoms with van der Waals surface area (Å²) >= 11 is 0. The van der Waals surface area contributed by atoms with Crippen molar-refractivity contribution < 1.29 is 19.1 Å². The molecule has 2 rings (SSSR count). The number of aryl methyl sites for hydroxylation is 1. The Hall–Kier alpha value is -3.02. The summed E-state index contributed by atoms with van der Waals surface area (Å²) in [5, 5.41) is 7.90. The lowest BCUT2D eigenvalue weighted by Gasteiger charge is -2.14. The second-order valence-electron chi connectivity index (χ2n) is 5.12. The van der Waals surface area contributed by atoms with Gasteiger partial charge in [0.05, 0.1) is 7.11 Å². The van der Waals surface area contributed by atoms with E-state index in [0.29, 0.717) is 12.3 Å². The maximum Gasteiger partial charge on any atom is 0.280 e. The van der Waals surface area contributed by atoms with Crippen molar-refractivity contribution in [3.8, 4) is 5.75 Å². The molecule has 25 heavy (non-hydrogen) atoms. The number of rotatable bonds is 7. The minimum atomic E-state index is 0.215. The number of benzene rings is 2. The van der Waals surface area contributed by atoms with Crippen LogP contribution in [0.1, 0.15) is 16.7 Å². The van der Waals surface area contributed by atoms with E-state index in [1.165, 1.54) is 21.3 Å². The number of nitrogens with zero attached hydrogens (tertiary/aromatic N) is 2. The maximum atomic E-state index is 5.96. The van der Waals surface area contributed by atoms with Gasteiger partial charge in [0, 0.05) is 5.56 Å². The standard InChI is InChI=1S/C19H22N2O4/c1-14-9-5-8-12-17(14)25-13-15-10-6-7-11-16(15)18(20-23-3)19(22-2)21-24-4/h5-12H,13H2,1-4H3/b20-18+,21-19-. The van der Waals surface area contributed by atoms with Gasteiger partial charge in [-0.2, -0.15) is 0 Å². The van der Waals surface area contributed by atoms with Crippen LogP contribution in [0, 0.1) is 6.92 Å². The molecule has 0 aliphatic carbocycles. The quantitative estimate of drug-likeness (QED) is 0.439. The number of hydrogen-bond donors (Lipinski definition) is 0. The lowest BCUT2D eigenvalue weighted by molar-refractivity contribution is 0.198. The average molecular weight is 342 g/mol. The van der Waals surface area contributed by atoms with Crippen LogP contribution in [-0.2, 0) is 21.0 Å². The molecule has 0 aromatic heterocycles. The number of hydrogen-bond acceptors (Lipinski definition) is 6. The molecule has 6 nitrogen and oxygen atoms in total. The van der Waals surface area contributed by atoms with Crippen molar-refractivity contribution in [1.29, 1.82) is 0 Å². The van der Waals surface area contributed by atoms with Crippen LogP contribution in [0.5, 0.6) is 5.75 Å². The topological polar surface area (TPSA) is 61.6 Å². The molecule has 2 aromatic carbocycles. The Morgan fingerprint density at radius 2 is 1.56 bits per heavy atom. The summed E-state index contributed by atoms with van der Waals surface area (Å²) in [6.45, 7) is 2.38. The Kier molecular flexibility index (Phi) is 6.83. The van der Waals surface area contributed by atoms with Crippen molar-refractivity contribution >= 4 is 11.6 Å². The van der Waals surface area contributed by atoms with Gasteiger partial charge < -0.3 is 19.1 Å². The minimum absolute atomic E-state index is 0.215. The predicted molar refractivity (Wildman–Crippen MR) is 97.0 cm³/mol. The van der Waals surface area contributed by atoms with E-state index in [4.69, 9.17) is 19.1 Å². The van der Waals surface area contributed by atoms with E-state index in [0.717, 1.165) is 22.4 Å². The van der Waals surface area contributed by atoms with Crippen LogP contribution >= 0.6 is 0 Å². The van der Waals surface area contributed by atoms with Gasteiger partial charge in [0.15, 0.2) is 5.71 Å². The van der Waals surface area contributed by atoms with Crippen LogP contribution in [0.3, 0.4) is 0 Å². The molecule has 0 heterocycles. The summed E-state index contributed by atoms with van der Waals surface area (Å²) in [6, 6.07) is 15.6. The van der Waals surface area contributed by atoms with E-state index in [1.807, 2.05) is 55.5 Å². The number of methoxy groups -OCH3 is 1. The molecule has 0 N–H and O–H groups in total. The van der Waals surface area contributed by atoms with E-state index in [1.54, 1.807) is 0 Å². The lowest BCUT2D eigenvalue weighted by Crippen LogP contribution is -2.20. The fraction of sp³-hybridized carbons (Fsp3) is 0.263. The molecule has 132 valence electrons. The van der Waals surface area contributed by atoms with Gasteiger partial charge in [-0.05, 0) is 29.3 Å². The largest absolute Gasteiger partial charge is 0.489 e. The van der Waals surface area contributed by atoms with E-state index in [9.17, 15) is 0 Å². The van der Waals surface area contributed by atoms with Crippen molar-refractivity contribution in [1.82, 2.24) is 0 Å². The number of ether oxygens (including phenoxy) is 2. The van der Waals surface area contributed by atoms with Crippen molar-refractivity contribution in [2.75, 3.05) is 21.3 Å². The number of oxime groups is 2. The van der Waals surface area contributed by atoms with E-state index in [-0.39, 0.29) is 5.90 Å². The van der Waals surface area contributed by atoms with E-state index in [2.05, 4.69) is 10.3 Å². The van der Waals surface area contributed by atoms with Crippen molar-refractivity contribution in [3.05, 3.63) is 65.2 Å². The molecule has 2 aromatic rings. The molecule has 0 atom stereocenters. The van der Waals surface area contributed by atoms with E-state index < -0.39 is 0 Å². The fourth-order valence-electron chi connectivity index (χ4n) is 2.31. The predicted octanol–water partition coefficient (Wildman–Crippen LogP) is 3.53. The Labute approximate surface area is 147 Å². The van der Waals surface area contributed by atoms with Gasteiger partial charge in [0.25, 0.3) is 5.90 Å². The van der Waals surface area contributed by atoms with Crippen LogP contribution in [0.2, 0.25) is 0 Å². The van der Waals surface area contributed by atoms with Crippen molar-refractivity contribution in [3.63, 3.8) is 0 Å². The molecule has 6 heteroatoms. The highest BCUT2D eigenvalue weighted by atomic mass is 16.6. The average Bonchev–Trinajstić information content (AvgIpc) is 2.64. The highest BCUT2D eigenvalue weighted by Gasteiger charge is 2.18. The summed E-state index contributed by atoms with van der Waals surface area (Å²) in [4.78, 5) is 9.78. The molecule has 0 saturated carbocycles. The van der Waals surface area contributed by atoms with Gasteiger partial charge in [-0.15, -0.1) is 0 Å². The zero-order chi connectivity index (χ0) is 18.1. The second-order valence-corrected chi connectivity index (χ2v) is 5.12. The summed E-state index contributed by atoms with van der Waals surface area (Å²) in [7, 11) is 4.40. The first kappa shape index (κ1) is 18.3. The molecule has 0 bridgehead atoms. The molecule has 0 unspecified atom stereocenters. The lowest BCUT2D eigenvalue weighted by atomic mass is 10.0. The monoisotopic (exact) mass is 342 g/mol. The zero-order valence-electron chi connectivity index (χ0n) is 14.9. The molecular weight excluding hydrogens is 320 g/mol. The molecule has 0 spiro atoms. The van der Waals surface area contributed by atoms with Gasteiger partial charge in [-0.1, -0.05) is 47.6 Å². The zero-order valence-corrected chi connectivity index (χ0v) is 14.9. The Morgan fingerprint density at radius 1 is 0.880 bits per heavy atom. The third-order valence-electron chi connectivity index (χ3n) is 3.50. The third kappa shape index (κ3) is 4.73. The SMILES string of the molecule is CO/N=C(OC)/C(=N/OC)c1ccccc1COc1ccccc1C. The molecule has 0 aliphatic heterocycles. The molecule has 0 fully saturated rings. The second kappa shape index (κ2) is 9.32. The normalized spacial score (nSPS) is 11.8. The van der Waals surface area contributed by atoms with Crippen LogP contribution in [0.25, 0.3) is 0 Å². The molecule has 0 amide bonds. The minimum Gasteiger partial charge on any atom is -0.489 e. The highest BCUT2D eigenvalue weighted by molar-refractivity contribution is 6.45. The van der Waals surface area contributed by atoms with Crippen LogP contribution < -0.4 is 4.74 Å². The van der Waals surface area contributed by atoms with E-state index >= 15 is 0 Å². The Morgan fingerprint density at radius 3 is 2.24 bits per heavy atom. The first-order valence-corrected chi connectivity index (χ1v) is 7.74. The van der Waals surface area contributed by atoms with Crippen LogP contribution in [0.4, 0.5) is 0 Å². The summed E-state index contributed by atoms with van der Waals surface area (Å²) in [5.74, 6) is 1.05. The van der Waals surface area contributed by atoms with Crippen LogP contribution in [-0.4, -0.2) is 32.9 Å². The Balaban J connectivity index is 2.34. The first-order valence-electron chi connectivity index (χ1n) is 7.74.